The highest BCUT2D eigenvalue weighted by atomic mass is 16.5. The van der Waals surface area contributed by atoms with Crippen molar-refractivity contribution in [3.05, 3.63) is 59.7 Å². The number of rotatable bonds is 7. The molecular weight excluding hydrogens is 392 g/mol. The Hall–Kier alpha value is -2.90. The number of methoxy groups -OCH3 is 1. The predicted molar refractivity (Wildman–Crippen MR) is 122 cm³/mol. The zero-order valence-electron chi connectivity index (χ0n) is 18.6. The molecule has 2 aromatic carbocycles. The van der Waals surface area contributed by atoms with Gasteiger partial charge in [0.2, 0.25) is 0 Å². The predicted octanol–water partition coefficient (Wildman–Crippen LogP) is 2.30. The van der Waals surface area contributed by atoms with Gasteiger partial charge in [-0.2, -0.15) is 0 Å². The number of anilines is 1. The molecule has 1 fully saturated rings. The lowest BCUT2D eigenvalue weighted by atomic mass is 10.0. The largest absolute Gasteiger partial charge is 0.497 e. The zero-order valence-corrected chi connectivity index (χ0v) is 18.6. The van der Waals surface area contributed by atoms with Crippen molar-refractivity contribution in [2.24, 2.45) is 0 Å². The van der Waals surface area contributed by atoms with Crippen molar-refractivity contribution in [3.63, 3.8) is 0 Å². The molecule has 3 rings (SSSR count). The summed E-state index contributed by atoms with van der Waals surface area (Å²) in [5.74, 6) is -0.481. The molecule has 2 N–H and O–H groups in total. The van der Waals surface area contributed by atoms with E-state index < -0.39 is 11.8 Å². The molecule has 1 aliphatic rings. The average Bonchev–Trinajstić information content (AvgIpc) is 2.80. The highest BCUT2D eigenvalue weighted by Crippen LogP contribution is 2.24. The average molecular weight is 425 g/mol. The van der Waals surface area contributed by atoms with Crippen molar-refractivity contribution in [3.8, 4) is 5.75 Å². The third kappa shape index (κ3) is 6.06. The second-order valence-electron chi connectivity index (χ2n) is 7.80. The first-order valence-electron chi connectivity index (χ1n) is 10.8. The van der Waals surface area contributed by atoms with E-state index in [-0.39, 0.29) is 6.04 Å². The second kappa shape index (κ2) is 10.9. The Morgan fingerprint density at radius 3 is 2.32 bits per heavy atom. The number of ether oxygens (including phenoxy) is 1. The van der Waals surface area contributed by atoms with E-state index in [1.54, 1.807) is 7.11 Å². The van der Waals surface area contributed by atoms with Crippen molar-refractivity contribution >= 4 is 17.5 Å². The fourth-order valence-electron chi connectivity index (χ4n) is 3.82. The van der Waals surface area contributed by atoms with Crippen LogP contribution in [0.25, 0.3) is 0 Å². The van der Waals surface area contributed by atoms with Gasteiger partial charge in [0.05, 0.1) is 13.2 Å². The summed E-state index contributed by atoms with van der Waals surface area (Å²) in [4.78, 5) is 29.7. The van der Waals surface area contributed by atoms with E-state index in [2.05, 4.69) is 27.5 Å². The molecule has 1 atom stereocenters. The van der Waals surface area contributed by atoms with Gasteiger partial charge in [0.1, 0.15) is 5.75 Å². The molecule has 31 heavy (non-hydrogen) atoms. The Morgan fingerprint density at radius 1 is 1.00 bits per heavy atom. The quantitative estimate of drug-likeness (QED) is 0.668. The lowest BCUT2D eigenvalue weighted by molar-refractivity contribution is -0.136. The molecule has 0 aromatic heterocycles. The van der Waals surface area contributed by atoms with E-state index in [4.69, 9.17) is 4.74 Å². The molecule has 1 aliphatic heterocycles. The minimum atomic E-state index is -0.646. The van der Waals surface area contributed by atoms with E-state index in [1.165, 1.54) is 0 Å². The van der Waals surface area contributed by atoms with Crippen molar-refractivity contribution in [2.45, 2.75) is 19.4 Å². The molecule has 1 saturated heterocycles. The van der Waals surface area contributed by atoms with E-state index in [9.17, 15) is 9.59 Å². The number of carbonyl (C=O) groups excluding carboxylic acids is 2. The number of hydrogen-bond acceptors (Lipinski definition) is 5. The number of hydrogen-bond donors (Lipinski definition) is 2. The molecule has 0 spiro atoms. The van der Waals surface area contributed by atoms with Gasteiger partial charge in [-0.25, -0.2) is 0 Å². The molecule has 1 unspecified atom stereocenters. The van der Waals surface area contributed by atoms with Gasteiger partial charge in [-0.3, -0.25) is 14.5 Å². The summed E-state index contributed by atoms with van der Waals surface area (Å²) < 4.78 is 5.27. The third-order valence-electron chi connectivity index (χ3n) is 5.79. The number of nitrogens with zero attached hydrogens (tertiary/aromatic N) is 2. The lowest BCUT2D eigenvalue weighted by Crippen LogP contribution is -2.49. The molecule has 7 nitrogen and oxygen atoms in total. The first-order valence-corrected chi connectivity index (χ1v) is 10.8. The molecule has 7 heteroatoms. The van der Waals surface area contributed by atoms with Crippen molar-refractivity contribution in [1.82, 2.24) is 15.1 Å². The first-order chi connectivity index (χ1) is 15.0. The van der Waals surface area contributed by atoms with Gasteiger partial charge in [0.15, 0.2) is 0 Å². The Morgan fingerprint density at radius 2 is 1.68 bits per heavy atom. The minimum absolute atomic E-state index is 0.0146. The molecule has 2 aromatic rings. The van der Waals surface area contributed by atoms with Crippen LogP contribution in [0.4, 0.5) is 5.69 Å². The summed E-state index contributed by atoms with van der Waals surface area (Å²) in [6.45, 7) is 6.11. The molecule has 166 valence electrons. The van der Waals surface area contributed by atoms with Gasteiger partial charge in [0.25, 0.3) is 0 Å². The maximum absolute atomic E-state index is 12.5. The summed E-state index contributed by atoms with van der Waals surface area (Å²) in [5, 5.41) is 5.58. The molecular formula is C24H32N4O3. The number of carbonyl (C=O) groups is 2. The molecule has 1 heterocycles. The fourth-order valence-corrected chi connectivity index (χ4v) is 3.82. The van der Waals surface area contributed by atoms with Crippen LogP contribution >= 0.6 is 0 Å². The molecule has 2 amide bonds. The van der Waals surface area contributed by atoms with Gasteiger partial charge in [-0.05, 0) is 42.8 Å². The van der Waals surface area contributed by atoms with Crippen LogP contribution in [0.2, 0.25) is 0 Å². The van der Waals surface area contributed by atoms with Gasteiger partial charge in [0, 0.05) is 38.4 Å². The normalized spacial score (nSPS) is 15.8. The zero-order chi connectivity index (χ0) is 22.2. The number of piperazine rings is 1. The number of aryl methyl sites for hydroxylation is 1. The standard InChI is InChI=1S/C24H32N4O3/c1-4-18-7-5-6-8-21(18)26-24(30)23(29)25-17-22(28-15-13-27(2)14-16-28)19-9-11-20(31-3)12-10-19/h5-12,22H,4,13-17H2,1-3H3,(H,25,29)(H,26,30). The van der Waals surface area contributed by atoms with Gasteiger partial charge >= 0.3 is 11.8 Å². The van der Waals surface area contributed by atoms with E-state index in [0.29, 0.717) is 12.2 Å². The lowest BCUT2D eigenvalue weighted by Gasteiger charge is -2.38. The summed E-state index contributed by atoms with van der Waals surface area (Å²) in [7, 11) is 3.75. The Balaban J connectivity index is 1.67. The van der Waals surface area contributed by atoms with Gasteiger partial charge in [-0.1, -0.05) is 37.3 Å². The first kappa shape index (κ1) is 22.8. The SMILES string of the molecule is CCc1ccccc1NC(=O)C(=O)NCC(c1ccc(OC)cc1)N1CCN(C)CC1. The van der Waals surface area contributed by atoms with Crippen molar-refractivity contribution < 1.29 is 14.3 Å². The highest BCUT2D eigenvalue weighted by Gasteiger charge is 2.25. The van der Waals surface area contributed by atoms with Crippen LogP contribution in [0, 0.1) is 0 Å². The van der Waals surface area contributed by atoms with Crippen LogP contribution in [-0.2, 0) is 16.0 Å². The van der Waals surface area contributed by atoms with Crippen molar-refractivity contribution in [2.75, 3.05) is 52.2 Å². The molecule has 0 radical (unpaired) electrons. The summed E-state index contributed by atoms with van der Waals surface area (Å²) in [6.07, 6.45) is 0.779. The summed E-state index contributed by atoms with van der Waals surface area (Å²) in [6, 6.07) is 15.4. The van der Waals surface area contributed by atoms with Crippen LogP contribution in [0.15, 0.2) is 48.5 Å². The number of benzene rings is 2. The number of likely N-dealkylation sites (N-methyl/N-ethyl adjacent to an activating group) is 1. The summed E-state index contributed by atoms with van der Waals surface area (Å²) >= 11 is 0. The Labute approximate surface area is 184 Å². The maximum atomic E-state index is 12.5. The van der Waals surface area contributed by atoms with Crippen LogP contribution in [0.5, 0.6) is 5.75 Å². The van der Waals surface area contributed by atoms with E-state index in [1.807, 2.05) is 55.5 Å². The fraction of sp³-hybridized carbons (Fsp3) is 0.417. The van der Waals surface area contributed by atoms with Crippen LogP contribution < -0.4 is 15.4 Å². The van der Waals surface area contributed by atoms with E-state index in [0.717, 1.165) is 49.5 Å². The maximum Gasteiger partial charge on any atom is 0.313 e. The monoisotopic (exact) mass is 424 g/mol. The summed E-state index contributed by atoms with van der Waals surface area (Å²) in [5.41, 5.74) is 2.76. The molecule has 0 saturated carbocycles. The second-order valence-corrected chi connectivity index (χ2v) is 7.80. The van der Waals surface area contributed by atoms with Gasteiger partial charge in [-0.15, -0.1) is 0 Å². The third-order valence-corrected chi connectivity index (χ3v) is 5.79. The molecule has 0 aliphatic carbocycles. The van der Waals surface area contributed by atoms with E-state index >= 15 is 0 Å². The number of nitrogens with one attached hydrogen (secondary N) is 2. The number of amides is 2. The Kier molecular flexibility index (Phi) is 8.03. The minimum Gasteiger partial charge on any atom is -0.497 e. The van der Waals surface area contributed by atoms with Gasteiger partial charge < -0.3 is 20.3 Å². The molecule has 0 bridgehead atoms. The smallest absolute Gasteiger partial charge is 0.313 e. The van der Waals surface area contributed by atoms with Crippen LogP contribution in [0.3, 0.4) is 0 Å². The topological polar surface area (TPSA) is 73.9 Å². The highest BCUT2D eigenvalue weighted by molar-refractivity contribution is 6.39. The van der Waals surface area contributed by atoms with Crippen LogP contribution in [0.1, 0.15) is 24.1 Å². The van der Waals surface area contributed by atoms with Crippen molar-refractivity contribution in [1.29, 1.82) is 0 Å². The Bertz CT molecular complexity index is 877. The number of para-hydroxylation sites is 1. The van der Waals surface area contributed by atoms with Crippen LogP contribution in [-0.4, -0.2) is 68.5 Å².